The van der Waals surface area contributed by atoms with E-state index in [1.54, 1.807) is 6.20 Å². The lowest BCUT2D eigenvalue weighted by molar-refractivity contribution is -0.118. The van der Waals surface area contributed by atoms with E-state index in [4.69, 9.17) is 4.74 Å². The summed E-state index contributed by atoms with van der Waals surface area (Å²) in [6.07, 6.45) is 1.76. The van der Waals surface area contributed by atoms with Crippen molar-refractivity contribution in [3.05, 3.63) is 71.9 Å². The van der Waals surface area contributed by atoms with Crippen LogP contribution in [0.25, 0.3) is 20.9 Å². The second kappa shape index (κ2) is 7.78. The highest BCUT2D eigenvalue weighted by Gasteiger charge is 2.11. The Morgan fingerprint density at radius 2 is 2.00 bits per heavy atom. The average Bonchev–Trinajstić information content (AvgIpc) is 3.12. The predicted octanol–water partition coefficient (Wildman–Crippen LogP) is 4.99. The third kappa shape index (κ3) is 4.02. The van der Waals surface area contributed by atoms with Gasteiger partial charge < -0.3 is 10.1 Å². The van der Waals surface area contributed by atoms with Gasteiger partial charge >= 0.3 is 0 Å². The third-order valence-corrected chi connectivity index (χ3v) is 5.31. The maximum absolute atomic E-state index is 12.4. The second-order valence-corrected chi connectivity index (χ2v) is 7.51. The molecule has 2 aromatic carbocycles. The zero-order valence-electron chi connectivity index (χ0n) is 15.6. The molecule has 4 aromatic rings. The Labute approximate surface area is 167 Å². The Morgan fingerprint density at radius 1 is 1.11 bits per heavy atom. The van der Waals surface area contributed by atoms with Gasteiger partial charge in [-0.25, -0.2) is 9.97 Å². The first-order valence-corrected chi connectivity index (χ1v) is 9.72. The molecule has 2 aromatic heterocycles. The van der Waals surface area contributed by atoms with Crippen LogP contribution in [0, 0.1) is 13.8 Å². The molecule has 1 amide bonds. The molecule has 6 heteroatoms. The number of hydrogen-bond acceptors (Lipinski definition) is 5. The lowest BCUT2D eigenvalue weighted by Gasteiger charge is -2.11. The van der Waals surface area contributed by atoms with E-state index in [1.807, 2.05) is 68.4 Å². The summed E-state index contributed by atoms with van der Waals surface area (Å²) in [6.45, 7) is 3.90. The molecular formula is C22H19N3O2S. The molecule has 0 radical (unpaired) electrons. The summed E-state index contributed by atoms with van der Waals surface area (Å²) in [7, 11) is 0. The Balaban J connectivity index is 1.49. The molecule has 0 saturated carbocycles. The van der Waals surface area contributed by atoms with Crippen LogP contribution in [0.3, 0.4) is 0 Å². The van der Waals surface area contributed by atoms with E-state index in [0.29, 0.717) is 5.75 Å². The van der Waals surface area contributed by atoms with Crippen molar-refractivity contribution in [3.8, 4) is 16.3 Å². The molecule has 0 atom stereocenters. The van der Waals surface area contributed by atoms with E-state index < -0.39 is 0 Å². The topological polar surface area (TPSA) is 64.1 Å². The van der Waals surface area contributed by atoms with Crippen molar-refractivity contribution in [1.82, 2.24) is 9.97 Å². The molecule has 0 spiro atoms. The number of carbonyl (C=O) groups is 1. The van der Waals surface area contributed by atoms with Crippen LogP contribution in [-0.2, 0) is 4.79 Å². The highest BCUT2D eigenvalue weighted by Crippen LogP contribution is 2.31. The lowest BCUT2D eigenvalue weighted by atomic mass is 10.1. The van der Waals surface area contributed by atoms with Crippen LogP contribution in [0.1, 0.15) is 11.1 Å². The van der Waals surface area contributed by atoms with Crippen molar-refractivity contribution in [2.24, 2.45) is 0 Å². The normalized spacial score (nSPS) is 10.8. The van der Waals surface area contributed by atoms with Crippen molar-refractivity contribution in [3.63, 3.8) is 0 Å². The predicted molar refractivity (Wildman–Crippen MR) is 113 cm³/mol. The average molecular weight is 389 g/mol. The van der Waals surface area contributed by atoms with Gasteiger partial charge in [-0.15, -0.1) is 0 Å². The molecule has 4 rings (SSSR count). The summed E-state index contributed by atoms with van der Waals surface area (Å²) in [4.78, 5) is 22.2. The van der Waals surface area contributed by atoms with Crippen LogP contribution >= 0.6 is 11.3 Å². The highest BCUT2D eigenvalue weighted by atomic mass is 32.1. The minimum atomic E-state index is -0.201. The van der Waals surface area contributed by atoms with Gasteiger partial charge in [-0.05, 0) is 55.3 Å². The van der Waals surface area contributed by atoms with Gasteiger partial charge in [-0.3, -0.25) is 4.79 Å². The van der Waals surface area contributed by atoms with Crippen molar-refractivity contribution in [2.45, 2.75) is 13.8 Å². The van der Waals surface area contributed by atoms with E-state index in [0.717, 1.165) is 37.7 Å². The van der Waals surface area contributed by atoms with Crippen LogP contribution in [0.5, 0.6) is 5.75 Å². The molecule has 0 unspecified atom stereocenters. The van der Waals surface area contributed by atoms with E-state index in [1.165, 1.54) is 11.3 Å². The fourth-order valence-corrected chi connectivity index (χ4v) is 3.73. The van der Waals surface area contributed by atoms with Crippen molar-refractivity contribution < 1.29 is 9.53 Å². The molecule has 1 N–H and O–H groups in total. The van der Waals surface area contributed by atoms with Crippen molar-refractivity contribution in [2.75, 3.05) is 11.9 Å². The maximum Gasteiger partial charge on any atom is 0.262 e. The summed E-state index contributed by atoms with van der Waals surface area (Å²) in [6, 6.07) is 17.4. The van der Waals surface area contributed by atoms with Gasteiger partial charge in [0, 0.05) is 17.4 Å². The number of benzene rings is 2. The molecular weight excluding hydrogens is 370 g/mol. The van der Waals surface area contributed by atoms with Crippen LogP contribution < -0.4 is 10.1 Å². The number of carbonyl (C=O) groups excluding carboxylic acids is 1. The maximum atomic E-state index is 12.4. The first kappa shape index (κ1) is 18.1. The lowest BCUT2D eigenvalue weighted by Crippen LogP contribution is -2.20. The van der Waals surface area contributed by atoms with Crippen molar-refractivity contribution in [1.29, 1.82) is 0 Å². The molecule has 0 saturated heterocycles. The monoisotopic (exact) mass is 389 g/mol. The van der Waals surface area contributed by atoms with E-state index in [9.17, 15) is 4.79 Å². The standard InChI is InChI=1S/C22H19N3O2S/c1-14-5-3-6-17(11-14)27-13-20(26)24-19-12-16(9-8-15(19)2)21-25-18-7-4-10-23-22(18)28-21/h3-12H,13H2,1-2H3,(H,24,26). The van der Waals surface area contributed by atoms with Gasteiger partial charge in [-0.2, -0.15) is 0 Å². The zero-order chi connectivity index (χ0) is 19.5. The molecule has 0 aliphatic rings. The Bertz CT molecular complexity index is 1120. The molecule has 0 bridgehead atoms. The first-order valence-electron chi connectivity index (χ1n) is 8.90. The van der Waals surface area contributed by atoms with E-state index >= 15 is 0 Å². The smallest absolute Gasteiger partial charge is 0.262 e. The van der Waals surface area contributed by atoms with Gasteiger partial charge in [0.05, 0.1) is 0 Å². The molecule has 0 aliphatic carbocycles. The number of rotatable bonds is 5. The largest absolute Gasteiger partial charge is 0.484 e. The van der Waals surface area contributed by atoms with Crippen LogP contribution in [0.2, 0.25) is 0 Å². The van der Waals surface area contributed by atoms with Gasteiger partial charge in [0.2, 0.25) is 0 Å². The fourth-order valence-electron chi connectivity index (χ4n) is 2.82. The number of aryl methyl sites for hydroxylation is 2. The van der Waals surface area contributed by atoms with Crippen LogP contribution in [-0.4, -0.2) is 22.5 Å². The molecule has 0 fully saturated rings. The van der Waals surface area contributed by atoms with Gasteiger partial charge in [0.1, 0.15) is 21.1 Å². The number of thiazole rings is 1. The number of pyridine rings is 1. The minimum Gasteiger partial charge on any atom is -0.484 e. The van der Waals surface area contributed by atoms with Gasteiger partial charge in [0.25, 0.3) is 5.91 Å². The second-order valence-electron chi connectivity index (χ2n) is 6.53. The number of aromatic nitrogens is 2. The number of fused-ring (bicyclic) bond motifs is 1. The van der Waals surface area contributed by atoms with Crippen LogP contribution in [0.15, 0.2) is 60.8 Å². The van der Waals surface area contributed by atoms with Crippen molar-refractivity contribution >= 4 is 33.3 Å². The Kier molecular flexibility index (Phi) is 5.04. The first-order chi connectivity index (χ1) is 13.6. The molecule has 28 heavy (non-hydrogen) atoms. The highest BCUT2D eigenvalue weighted by molar-refractivity contribution is 7.21. The number of amides is 1. The van der Waals surface area contributed by atoms with E-state index in [2.05, 4.69) is 15.3 Å². The zero-order valence-corrected chi connectivity index (χ0v) is 16.4. The summed E-state index contributed by atoms with van der Waals surface area (Å²) < 4.78 is 5.58. The summed E-state index contributed by atoms with van der Waals surface area (Å²) in [5, 5.41) is 3.81. The van der Waals surface area contributed by atoms with E-state index in [-0.39, 0.29) is 12.5 Å². The molecule has 140 valence electrons. The van der Waals surface area contributed by atoms with Crippen LogP contribution in [0.4, 0.5) is 5.69 Å². The fraction of sp³-hybridized carbons (Fsp3) is 0.136. The molecule has 2 heterocycles. The Morgan fingerprint density at radius 3 is 2.82 bits per heavy atom. The quantitative estimate of drug-likeness (QED) is 0.522. The third-order valence-electron chi connectivity index (χ3n) is 4.28. The summed E-state index contributed by atoms with van der Waals surface area (Å²) in [5.74, 6) is 0.482. The minimum absolute atomic E-state index is 0.0435. The number of anilines is 1. The number of nitrogens with zero attached hydrogens (tertiary/aromatic N) is 2. The number of hydrogen-bond donors (Lipinski definition) is 1. The SMILES string of the molecule is Cc1cccc(OCC(=O)Nc2cc(-c3nc4cccnc4s3)ccc2C)c1. The van der Waals surface area contributed by atoms with Gasteiger partial charge in [-0.1, -0.05) is 35.6 Å². The number of ether oxygens (including phenoxy) is 1. The summed E-state index contributed by atoms with van der Waals surface area (Å²) >= 11 is 1.53. The molecule has 5 nitrogen and oxygen atoms in total. The van der Waals surface area contributed by atoms with Gasteiger partial charge in [0.15, 0.2) is 6.61 Å². The number of nitrogens with one attached hydrogen (secondary N) is 1. The summed E-state index contributed by atoms with van der Waals surface area (Å²) in [5.41, 5.74) is 4.64. The molecule has 0 aliphatic heterocycles. The Hall–Kier alpha value is -3.25.